The highest BCUT2D eigenvalue weighted by Gasteiger charge is 2.21. The summed E-state index contributed by atoms with van der Waals surface area (Å²) in [5.74, 6) is 0.354. The SMILES string of the molecule is CCN(CC)S(=O)(=O)c1ccc(NC(=O)C=Cc2ccccc2OC)cc1. The van der Waals surface area contributed by atoms with Crippen LogP contribution in [0.5, 0.6) is 5.75 Å². The second-order valence-electron chi connectivity index (χ2n) is 5.68. The number of nitrogens with one attached hydrogen (secondary N) is 1. The Morgan fingerprint density at radius 1 is 1.07 bits per heavy atom. The van der Waals surface area contributed by atoms with E-state index in [9.17, 15) is 13.2 Å². The Kier molecular flexibility index (Phi) is 7.15. The summed E-state index contributed by atoms with van der Waals surface area (Å²) in [4.78, 5) is 12.3. The largest absolute Gasteiger partial charge is 0.496 e. The Balaban J connectivity index is 2.08. The number of carbonyl (C=O) groups is 1. The van der Waals surface area contributed by atoms with Crippen molar-refractivity contribution < 1.29 is 17.9 Å². The van der Waals surface area contributed by atoms with Gasteiger partial charge in [-0.3, -0.25) is 4.79 Å². The van der Waals surface area contributed by atoms with Crippen LogP contribution in [0.25, 0.3) is 6.08 Å². The number of hydrogen-bond donors (Lipinski definition) is 1. The molecule has 0 atom stereocenters. The van der Waals surface area contributed by atoms with E-state index in [1.807, 2.05) is 24.3 Å². The van der Waals surface area contributed by atoms with Gasteiger partial charge in [-0.05, 0) is 36.4 Å². The molecule has 7 heteroatoms. The summed E-state index contributed by atoms with van der Waals surface area (Å²) in [6.45, 7) is 4.41. The molecule has 0 saturated carbocycles. The Morgan fingerprint density at radius 3 is 2.30 bits per heavy atom. The number of methoxy groups -OCH3 is 1. The van der Waals surface area contributed by atoms with Gasteiger partial charge in [-0.15, -0.1) is 0 Å². The van der Waals surface area contributed by atoms with E-state index < -0.39 is 10.0 Å². The fourth-order valence-corrected chi connectivity index (χ4v) is 4.03. The highest BCUT2D eigenvalue weighted by atomic mass is 32.2. The van der Waals surface area contributed by atoms with Crippen LogP contribution in [0, 0.1) is 0 Å². The van der Waals surface area contributed by atoms with Gasteiger partial charge in [-0.1, -0.05) is 32.0 Å². The van der Waals surface area contributed by atoms with Gasteiger partial charge in [0.1, 0.15) is 5.75 Å². The molecule has 2 aromatic carbocycles. The number of para-hydroxylation sites is 1. The molecule has 0 spiro atoms. The summed E-state index contributed by atoms with van der Waals surface area (Å²) in [5, 5.41) is 2.71. The maximum atomic E-state index is 12.5. The van der Waals surface area contributed by atoms with Crippen LogP contribution in [0.3, 0.4) is 0 Å². The van der Waals surface area contributed by atoms with E-state index in [1.165, 1.54) is 22.5 Å². The van der Waals surface area contributed by atoms with Gasteiger partial charge in [-0.2, -0.15) is 4.31 Å². The van der Waals surface area contributed by atoms with Crippen molar-refractivity contribution in [1.82, 2.24) is 4.31 Å². The first-order valence-electron chi connectivity index (χ1n) is 8.64. The molecule has 2 rings (SSSR count). The zero-order chi connectivity index (χ0) is 19.9. The van der Waals surface area contributed by atoms with Crippen molar-refractivity contribution >= 4 is 27.7 Å². The van der Waals surface area contributed by atoms with Crippen LogP contribution in [-0.4, -0.2) is 38.8 Å². The van der Waals surface area contributed by atoms with Gasteiger partial charge < -0.3 is 10.1 Å². The first-order chi connectivity index (χ1) is 12.9. The average molecular weight is 388 g/mol. The average Bonchev–Trinajstić information content (AvgIpc) is 2.67. The lowest BCUT2D eigenvalue weighted by molar-refractivity contribution is -0.111. The van der Waals surface area contributed by atoms with Crippen LogP contribution in [0.2, 0.25) is 0 Å². The van der Waals surface area contributed by atoms with Crippen LogP contribution >= 0.6 is 0 Å². The third-order valence-electron chi connectivity index (χ3n) is 4.02. The summed E-state index contributed by atoms with van der Waals surface area (Å²) in [5.41, 5.74) is 1.30. The third-order valence-corrected chi connectivity index (χ3v) is 6.08. The highest BCUT2D eigenvalue weighted by molar-refractivity contribution is 7.89. The molecule has 27 heavy (non-hydrogen) atoms. The number of nitrogens with zero attached hydrogens (tertiary/aromatic N) is 1. The maximum absolute atomic E-state index is 12.5. The summed E-state index contributed by atoms with van der Waals surface area (Å²) in [7, 11) is -1.94. The van der Waals surface area contributed by atoms with Crippen molar-refractivity contribution in [2.45, 2.75) is 18.7 Å². The van der Waals surface area contributed by atoms with Crippen molar-refractivity contribution in [3.05, 3.63) is 60.2 Å². The van der Waals surface area contributed by atoms with Crippen molar-refractivity contribution in [3.63, 3.8) is 0 Å². The number of sulfonamides is 1. The number of amides is 1. The first-order valence-corrected chi connectivity index (χ1v) is 10.1. The molecular formula is C20H24N2O4S. The van der Waals surface area contributed by atoms with E-state index in [0.717, 1.165) is 5.56 Å². The minimum atomic E-state index is -3.51. The Hall–Kier alpha value is -2.64. The zero-order valence-corrected chi connectivity index (χ0v) is 16.5. The molecule has 0 aromatic heterocycles. The van der Waals surface area contributed by atoms with Crippen molar-refractivity contribution in [2.75, 3.05) is 25.5 Å². The van der Waals surface area contributed by atoms with Gasteiger partial charge in [-0.25, -0.2) is 8.42 Å². The molecule has 0 heterocycles. The molecule has 0 saturated heterocycles. The summed E-state index contributed by atoms with van der Waals surface area (Å²) < 4.78 is 31.5. The lowest BCUT2D eigenvalue weighted by Crippen LogP contribution is -2.30. The van der Waals surface area contributed by atoms with Gasteiger partial charge in [0, 0.05) is 30.4 Å². The van der Waals surface area contributed by atoms with Crippen LogP contribution in [-0.2, 0) is 14.8 Å². The summed E-state index contributed by atoms with van der Waals surface area (Å²) in [6.07, 6.45) is 3.06. The quantitative estimate of drug-likeness (QED) is 0.704. The minimum Gasteiger partial charge on any atom is -0.496 e. The molecule has 0 unspecified atom stereocenters. The molecule has 0 bridgehead atoms. The predicted octanol–water partition coefficient (Wildman–Crippen LogP) is 3.38. The Bertz CT molecular complexity index is 902. The number of hydrogen-bond acceptors (Lipinski definition) is 4. The van der Waals surface area contributed by atoms with Crippen LogP contribution in [0.1, 0.15) is 19.4 Å². The Labute approximate surface area is 160 Å². The van der Waals surface area contributed by atoms with Gasteiger partial charge in [0.25, 0.3) is 0 Å². The molecular weight excluding hydrogens is 364 g/mol. The van der Waals surface area contributed by atoms with Crippen LogP contribution < -0.4 is 10.1 Å². The van der Waals surface area contributed by atoms with Crippen LogP contribution in [0.15, 0.2) is 59.5 Å². The smallest absolute Gasteiger partial charge is 0.248 e. The second-order valence-corrected chi connectivity index (χ2v) is 7.62. The summed E-state index contributed by atoms with van der Waals surface area (Å²) >= 11 is 0. The fraction of sp³-hybridized carbons (Fsp3) is 0.250. The number of carbonyl (C=O) groups excluding carboxylic acids is 1. The monoisotopic (exact) mass is 388 g/mol. The molecule has 0 fully saturated rings. The van der Waals surface area contributed by atoms with E-state index >= 15 is 0 Å². The van der Waals surface area contributed by atoms with Crippen LogP contribution in [0.4, 0.5) is 5.69 Å². The fourth-order valence-electron chi connectivity index (χ4n) is 2.58. The van der Waals surface area contributed by atoms with Gasteiger partial charge >= 0.3 is 0 Å². The van der Waals surface area contributed by atoms with E-state index in [-0.39, 0.29) is 10.8 Å². The number of anilines is 1. The number of rotatable bonds is 8. The third kappa shape index (κ3) is 5.18. The van der Waals surface area contributed by atoms with E-state index in [1.54, 1.807) is 39.2 Å². The van der Waals surface area contributed by atoms with Gasteiger partial charge in [0.05, 0.1) is 12.0 Å². The molecule has 0 aliphatic carbocycles. The molecule has 0 radical (unpaired) electrons. The topological polar surface area (TPSA) is 75.7 Å². The molecule has 144 valence electrons. The summed E-state index contributed by atoms with van der Waals surface area (Å²) in [6, 6.07) is 13.5. The zero-order valence-electron chi connectivity index (χ0n) is 15.7. The van der Waals surface area contributed by atoms with E-state index in [4.69, 9.17) is 4.74 Å². The normalized spacial score (nSPS) is 11.7. The first kappa shape index (κ1) is 20.7. The molecule has 6 nitrogen and oxygen atoms in total. The van der Waals surface area contributed by atoms with E-state index in [0.29, 0.717) is 24.5 Å². The number of benzene rings is 2. The predicted molar refractivity (Wildman–Crippen MR) is 107 cm³/mol. The molecule has 1 amide bonds. The highest BCUT2D eigenvalue weighted by Crippen LogP contribution is 2.20. The second kappa shape index (κ2) is 9.34. The molecule has 0 aliphatic heterocycles. The van der Waals surface area contributed by atoms with Gasteiger partial charge in [0.15, 0.2) is 0 Å². The van der Waals surface area contributed by atoms with Crippen molar-refractivity contribution in [3.8, 4) is 5.75 Å². The molecule has 2 aromatic rings. The van der Waals surface area contributed by atoms with Crippen molar-refractivity contribution in [1.29, 1.82) is 0 Å². The maximum Gasteiger partial charge on any atom is 0.248 e. The van der Waals surface area contributed by atoms with E-state index in [2.05, 4.69) is 5.32 Å². The van der Waals surface area contributed by atoms with Gasteiger partial charge in [0.2, 0.25) is 15.9 Å². The lowest BCUT2D eigenvalue weighted by Gasteiger charge is -2.18. The minimum absolute atomic E-state index is 0.203. The van der Waals surface area contributed by atoms with Crippen molar-refractivity contribution in [2.24, 2.45) is 0 Å². The number of ether oxygens (including phenoxy) is 1. The molecule has 1 N–H and O–H groups in total. The lowest BCUT2D eigenvalue weighted by atomic mass is 10.2. The molecule has 0 aliphatic rings. The Morgan fingerprint density at radius 2 is 1.70 bits per heavy atom. The standard InChI is InChI=1S/C20H24N2O4S/c1-4-22(5-2)27(24,25)18-13-11-17(12-14-18)21-20(23)15-10-16-8-6-7-9-19(16)26-3/h6-15H,4-5H2,1-3H3,(H,21,23).